The monoisotopic (exact) mass is 857 g/mol. The van der Waals surface area contributed by atoms with Gasteiger partial charge in [-0.15, -0.1) is 0 Å². The molecule has 3 aliphatic heterocycles. The molecule has 17 unspecified atom stereocenters. The smallest absolute Gasteiger partial charge is 0.220 e. The maximum Gasteiger partial charge on any atom is 0.220 e. The standard InChI is InChI=1S/C40H75NO18/c1-3-5-7-9-11-12-14-16-18-28(46)41-23(24(45)17-15-13-10-8-6-4-2)22-54-38-34(52)31(49)36(26(20-43)56-38)59-40-35(53)32(50)37(27(21-44)57-40)58-39-33(51)30(48)29(47)25(19-42)55-39/h23-27,29-40,42-45,47-53H,3-22H2,1-2H3,(H,41,46). The first-order chi connectivity index (χ1) is 28.3. The van der Waals surface area contributed by atoms with Crippen LogP contribution in [0.3, 0.4) is 0 Å². The van der Waals surface area contributed by atoms with Crippen LogP contribution < -0.4 is 5.32 Å². The predicted octanol–water partition coefficient (Wildman–Crippen LogP) is -1.42. The minimum atomic E-state index is -1.96. The molecule has 0 spiro atoms. The molecule has 3 heterocycles. The number of unbranched alkanes of at least 4 members (excludes halogenated alkanes) is 12. The molecular weight excluding hydrogens is 782 g/mol. The number of aliphatic hydroxyl groups is 11. The molecule has 0 saturated carbocycles. The summed E-state index contributed by atoms with van der Waals surface area (Å²) in [7, 11) is 0. The second-order valence-corrected chi connectivity index (χ2v) is 16.2. The van der Waals surface area contributed by atoms with Gasteiger partial charge in [0.05, 0.1) is 38.6 Å². The number of carbonyl (C=O) groups is 1. The summed E-state index contributed by atoms with van der Waals surface area (Å²) in [6.45, 7) is 1.60. The zero-order valence-electron chi connectivity index (χ0n) is 34.7. The van der Waals surface area contributed by atoms with Crippen LogP contribution in [0.25, 0.3) is 0 Å². The topological polar surface area (TPSA) is 307 Å². The highest BCUT2D eigenvalue weighted by atomic mass is 16.8. The predicted molar refractivity (Wildman–Crippen MR) is 208 cm³/mol. The molecule has 3 saturated heterocycles. The van der Waals surface area contributed by atoms with E-state index in [0.717, 1.165) is 57.8 Å². The van der Waals surface area contributed by atoms with E-state index in [4.69, 9.17) is 28.4 Å². The van der Waals surface area contributed by atoms with Crippen LogP contribution in [0.1, 0.15) is 117 Å². The maximum atomic E-state index is 13.0. The van der Waals surface area contributed by atoms with Gasteiger partial charge in [-0.2, -0.15) is 0 Å². The molecule has 12 N–H and O–H groups in total. The van der Waals surface area contributed by atoms with Gasteiger partial charge in [0.15, 0.2) is 18.9 Å². The summed E-state index contributed by atoms with van der Waals surface area (Å²) in [5.41, 5.74) is 0. The number of amides is 1. The molecule has 0 aromatic carbocycles. The molecule has 0 aliphatic carbocycles. The minimum absolute atomic E-state index is 0.256. The molecule has 59 heavy (non-hydrogen) atoms. The Kier molecular flexibility index (Phi) is 24.5. The second-order valence-electron chi connectivity index (χ2n) is 16.2. The van der Waals surface area contributed by atoms with Crippen molar-refractivity contribution in [2.45, 2.75) is 221 Å². The Balaban J connectivity index is 1.61. The van der Waals surface area contributed by atoms with Crippen LogP contribution in [0.5, 0.6) is 0 Å². The van der Waals surface area contributed by atoms with E-state index < -0.39 is 124 Å². The number of ether oxygens (including phenoxy) is 6. The fourth-order valence-electron chi connectivity index (χ4n) is 7.66. The summed E-state index contributed by atoms with van der Waals surface area (Å²) in [6.07, 6.45) is -11.2. The van der Waals surface area contributed by atoms with E-state index in [2.05, 4.69) is 19.2 Å². The first-order valence-corrected chi connectivity index (χ1v) is 21.8. The van der Waals surface area contributed by atoms with Crippen LogP contribution in [0.4, 0.5) is 0 Å². The Morgan fingerprint density at radius 1 is 0.542 bits per heavy atom. The van der Waals surface area contributed by atoms with Gasteiger partial charge in [0.1, 0.15) is 73.2 Å². The van der Waals surface area contributed by atoms with Crippen molar-refractivity contribution in [3.05, 3.63) is 0 Å². The van der Waals surface area contributed by atoms with Crippen LogP contribution >= 0.6 is 0 Å². The van der Waals surface area contributed by atoms with Gasteiger partial charge in [0.25, 0.3) is 0 Å². The minimum Gasteiger partial charge on any atom is -0.394 e. The van der Waals surface area contributed by atoms with Crippen LogP contribution in [0.2, 0.25) is 0 Å². The van der Waals surface area contributed by atoms with Crippen molar-refractivity contribution in [3.8, 4) is 0 Å². The van der Waals surface area contributed by atoms with Gasteiger partial charge in [0, 0.05) is 6.42 Å². The molecule has 3 rings (SSSR count). The zero-order chi connectivity index (χ0) is 43.5. The molecule has 0 aromatic heterocycles. The third kappa shape index (κ3) is 15.8. The van der Waals surface area contributed by atoms with Crippen LogP contribution in [-0.2, 0) is 33.2 Å². The van der Waals surface area contributed by atoms with Crippen molar-refractivity contribution in [2.24, 2.45) is 0 Å². The fraction of sp³-hybridized carbons (Fsp3) is 0.975. The Labute approximate surface area is 347 Å². The number of nitrogens with one attached hydrogen (secondary N) is 1. The molecule has 19 heteroatoms. The zero-order valence-corrected chi connectivity index (χ0v) is 34.7. The third-order valence-electron chi connectivity index (χ3n) is 11.4. The number of aliphatic hydroxyl groups excluding tert-OH is 11. The van der Waals surface area contributed by atoms with Gasteiger partial charge in [0.2, 0.25) is 5.91 Å². The molecule has 3 aliphatic rings. The Hall–Kier alpha value is -1.21. The molecule has 3 fully saturated rings. The molecular formula is C40H75NO18. The van der Waals surface area contributed by atoms with Gasteiger partial charge in [-0.1, -0.05) is 97.3 Å². The average molecular weight is 858 g/mol. The van der Waals surface area contributed by atoms with Gasteiger partial charge >= 0.3 is 0 Å². The van der Waals surface area contributed by atoms with E-state index in [-0.39, 0.29) is 18.9 Å². The normalized spacial score (nSPS) is 36.3. The summed E-state index contributed by atoms with van der Waals surface area (Å²) in [5.74, 6) is -0.256. The highest BCUT2D eigenvalue weighted by Crippen LogP contribution is 2.33. The molecule has 0 bridgehead atoms. The van der Waals surface area contributed by atoms with Gasteiger partial charge in [-0.05, 0) is 12.8 Å². The molecule has 1 amide bonds. The number of carbonyl (C=O) groups excluding carboxylic acids is 1. The van der Waals surface area contributed by atoms with Gasteiger partial charge in [-0.3, -0.25) is 4.79 Å². The average Bonchev–Trinajstić information content (AvgIpc) is 3.23. The van der Waals surface area contributed by atoms with E-state index >= 15 is 0 Å². The SMILES string of the molecule is CCCCCCCCCCC(=O)NC(COC1OC(CO)C(OC2OC(CO)C(OC3OC(CO)C(O)C(O)C3O)C(O)C2O)C(O)C1O)C(O)CCCCCCCC. The van der Waals surface area contributed by atoms with Crippen molar-refractivity contribution in [1.82, 2.24) is 5.32 Å². The Bertz CT molecular complexity index is 1120. The highest BCUT2D eigenvalue weighted by Gasteiger charge is 2.53. The second kappa shape index (κ2) is 27.8. The summed E-state index contributed by atoms with van der Waals surface area (Å²) in [5, 5.41) is 119. The first kappa shape index (κ1) is 52.1. The molecule has 19 nitrogen and oxygen atoms in total. The van der Waals surface area contributed by atoms with Crippen LogP contribution in [-0.4, -0.2) is 193 Å². The van der Waals surface area contributed by atoms with Gasteiger partial charge in [-0.25, -0.2) is 0 Å². The van der Waals surface area contributed by atoms with Crippen molar-refractivity contribution < 1.29 is 89.4 Å². The number of hydrogen-bond acceptors (Lipinski definition) is 18. The van der Waals surface area contributed by atoms with Crippen LogP contribution in [0, 0.1) is 0 Å². The molecule has 0 radical (unpaired) electrons. The van der Waals surface area contributed by atoms with Crippen LogP contribution in [0.15, 0.2) is 0 Å². The Morgan fingerprint density at radius 3 is 1.47 bits per heavy atom. The van der Waals surface area contributed by atoms with Crippen molar-refractivity contribution in [2.75, 3.05) is 26.4 Å². The van der Waals surface area contributed by atoms with Crippen molar-refractivity contribution >= 4 is 5.91 Å². The Morgan fingerprint density at radius 2 is 0.966 bits per heavy atom. The summed E-state index contributed by atoms with van der Waals surface area (Å²) in [4.78, 5) is 13.0. The summed E-state index contributed by atoms with van der Waals surface area (Å²) < 4.78 is 33.9. The lowest BCUT2D eigenvalue weighted by Gasteiger charge is -2.48. The van der Waals surface area contributed by atoms with E-state index in [9.17, 15) is 61.0 Å². The summed E-state index contributed by atoms with van der Waals surface area (Å²) in [6, 6.07) is -0.873. The van der Waals surface area contributed by atoms with E-state index in [1.54, 1.807) is 0 Å². The number of rotatable bonds is 28. The molecule has 348 valence electrons. The third-order valence-corrected chi connectivity index (χ3v) is 11.4. The lowest BCUT2D eigenvalue weighted by Crippen LogP contribution is -2.66. The lowest BCUT2D eigenvalue weighted by molar-refractivity contribution is -0.379. The highest BCUT2D eigenvalue weighted by molar-refractivity contribution is 5.76. The van der Waals surface area contributed by atoms with Crippen molar-refractivity contribution in [1.29, 1.82) is 0 Å². The van der Waals surface area contributed by atoms with Crippen molar-refractivity contribution in [3.63, 3.8) is 0 Å². The quantitative estimate of drug-likeness (QED) is 0.0402. The number of hydrogen-bond donors (Lipinski definition) is 12. The largest absolute Gasteiger partial charge is 0.394 e. The first-order valence-electron chi connectivity index (χ1n) is 21.8. The van der Waals surface area contributed by atoms with E-state index in [1.165, 1.54) is 25.7 Å². The van der Waals surface area contributed by atoms with E-state index in [0.29, 0.717) is 12.8 Å². The van der Waals surface area contributed by atoms with Gasteiger partial charge < -0.3 is 89.9 Å². The lowest BCUT2D eigenvalue weighted by atomic mass is 9.96. The molecule has 0 aromatic rings. The molecule has 17 atom stereocenters. The summed E-state index contributed by atoms with van der Waals surface area (Å²) >= 11 is 0. The van der Waals surface area contributed by atoms with E-state index in [1.807, 2.05) is 0 Å². The fourth-order valence-corrected chi connectivity index (χ4v) is 7.66. The maximum absolute atomic E-state index is 13.0.